The van der Waals surface area contributed by atoms with Crippen molar-refractivity contribution in [2.24, 2.45) is 0 Å². The Balaban J connectivity index is 3.11. The molecule has 0 radical (unpaired) electrons. The first-order chi connectivity index (χ1) is 8.68. The Hall–Kier alpha value is -0.940. The lowest BCUT2D eigenvalue weighted by Gasteiger charge is -2.38. The average molecular weight is 254 g/mol. The van der Waals surface area contributed by atoms with Gasteiger partial charge in [0.05, 0.1) is 23.5 Å². The summed E-state index contributed by atoms with van der Waals surface area (Å²) in [5.41, 5.74) is 0.895. The summed E-state index contributed by atoms with van der Waals surface area (Å²) >= 11 is 0. The van der Waals surface area contributed by atoms with Crippen LogP contribution in [0.4, 0.5) is 0 Å². The molecule has 0 aliphatic rings. The molecule has 0 amide bonds. The van der Waals surface area contributed by atoms with E-state index < -0.39 is 0 Å². The molecule has 1 aromatic rings. The Bertz CT molecular complexity index is 338. The summed E-state index contributed by atoms with van der Waals surface area (Å²) in [6.45, 7) is 7.35. The Morgan fingerprint density at radius 2 is 2.06 bits per heavy atom. The molecule has 1 unspecified atom stereocenters. The fraction of sp³-hybridized carbons (Fsp3) is 0.846. The van der Waals surface area contributed by atoms with Crippen molar-refractivity contribution in [3.8, 4) is 0 Å². The van der Waals surface area contributed by atoms with E-state index in [1.54, 1.807) is 7.11 Å². The molecule has 0 aliphatic heterocycles. The van der Waals surface area contributed by atoms with Crippen molar-refractivity contribution < 1.29 is 4.74 Å². The average Bonchev–Trinajstić information content (AvgIpc) is 2.84. The normalized spacial score (nSPS) is 13.8. The maximum absolute atomic E-state index is 5.81. The molecular weight excluding hydrogens is 228 g/mol. The molecule has 104 valence electrons. The molecule has 1 rings (SSSR count). The molecule has 0 saturated carbocycles. The van der Waals surface area contributed by atoms with Gasteiger partial charge in [-0.15, -0.1) is 5.10 Å². The Morgan fingerprint density at radius 1 is 1.39 bits per heavy atom. The first-order valence-corrected chi connectivity index (χ1v) is 6.79. The molecule has 5 nitrogen and oxygen atoms in total. The van der Waals surface area contributed by atoms with Crippen molar-refractivity contribution in [3.05, 3.63) is 11.9 Å². The zero-order valence-electron chi connectivity index (χ0n) is 12.2. The lowest BCUT2D eigenvalue weighted by atomic mass is 9.86. The van der Waals surface area contributed by atoms with Crippen molar-refractivity contribution in [2.75, 3.05) is 14.2 Å². The van der Waals surface area contributed by atoms with Crippen LogP contribution in [0.15, 0.2) is 6.20 Å². The van der Waals surface area contributed by atoms with E-state index in [-0.39, 0.29) is 11.6 Å². The second-order valence-electron chi connectivity index (χ2n) is 4.58. The minimum atomic E-state index is -0.206. The minimum absolute atomic E-state index is 0.110. The van der Waals surface area contributed by atoms with Crippen LogP contribution in [-0.2, 0) is 11.3 Å². The predicted molar refractivity (Wildman–Crippen MR) is 72.4 cm³/mol. The third-order valence-electron chi connectivity index (χ3n) is 3.80. The highest BCUT2D eigenvalue weighted by molar-refractivity contribution is 5.10. The van der Waals surface area contributed by atoms with Crippen molar-refractivity contribution >= 4 is 0 Å². The molecule has 0 aliphatic carbocycles. The van der Waals surface area contributed by atoms with Crippen LogP contribution in [0.5, 0.6) is 0 Å². The van der Waals surface area contributed by atoms with E-state index in [0.29, 0.717) is 0 Å². The monoisotopic (exact) mass is 254 g/mol. The number of likely N-dealkylation sites (N-methyl/N-ethyl adjacent to an activating group) is 1. The number of hydrogen-bond donors (Lipinski definition) is 1. The number of methoxy groups -OCH3 is 1. The molecule has 0 saturated heterocycles. The van der Waals surface area contributed by atoms with Crippen molar-refractivity contribution in [3.63, 3.8) is 0 Å². The zero-order chi connectivity index (χ0) is 13.6. The Kier molecular flexibility index (Phi) is 5.75. The van der Waals surface area contributed by atoms with Gasteiger partial charge in [-0.1, -0.05) is 26.0 Å². The van der Waals surface area contributed by atoms with Gasteiger partial charge in [0, 0.05) is 13.7 Å². The zero-order valence-corrected chi connectivity index (χ0v) is 12.2. The number of aryl methyl sites for hydroxylation is 1. The van der Waals surface area contributed by atoms with Crippen molar-refractivity contribution in [1.29, 1.82) is 0 Å². The van der Waals surface area contributed by atoms with E-state index >= 15 is 0 Å². The number of ether oxygens (including phenoxy) is 1. The minimum Gasteiger partial charge on any atom is -0.376 e. The van der Waals surface area contributed by atoms with Crippen LogP contribution in [0.1, 0.15) is 51.8 Å². The van der Waals surface area contributed by atoms with Crippen LogP contribution in [0.2, 0.25) is 0 Å². The Morgan fingerprint density at radius 3 is 2.50 bits per heavy atom. The molecule has 0 bridgehead atoms. The van der Waals surface area contributed by atoms with Gasteiger partial charge in [0.25, 0.3) is 0 Å². The first kappa shape index (κ1) is 15.1. The van der Waals surface area contributed by atoms with Gasteiger partial charge < -0.3 is 10.1 Å². The van der Waals surface area contributed by atoms with E-state index in [0.717, 1.165) is 31.5 Å². The van der Waals surface area contributed by atoms with Gasteiger partial charge in [-0.2, -0.15) is 0 Å². The van der Waals surface area contributed by atoms with Crippen molar-refractivity contribution in [2.45, 2.75) is 58.2 Å². The van der Waals surface area contributed by atoms with E-state index in [9.17, 15) is 0 Å². The van der Waals surface area contributed by atoms with Crippen LogP contribution in [0.3, 0.4) is 0 Å². The lowest BCUT2D eigenvalue weighted by Crippen LogP contribution is -2.44. The summed E-state index contributed by atoms with van der Waals surface area (Å²) in [7, 11) is 3.75. The molecule has 1 N–H and O–H groups in total. The molecule has 5 heteroatoms. The number of rotatable bonds is 8. The molecule has 0 aromatic carbocycles. The van der Waals surface area contributed by atoms with Crippen LogP contribution in [0, 0.1) is 0 Å². The maximum atomic E-state index is 5.81. The van der Waals surface area contributed by atoms with Crippen LogP contribution in [-0.4, -0.2) is 34.8 Å². The topological polar surface area (TPSA) is 52.0 Å². The molecule has 1 aromatic heterocycles. The third kappa shape index (κ3) is 2.72. The lowest BCUT2D eigenvalue weighted by molar-refractivity contribution is -0.0488. The maximum Gasteiger partial charge on any atom is 0.0883 e. The van der Waals surface area contributed by atoms with E-state index in [1.807, 2.05) is 17.9 Å². The standard InChI is InChI=1S/C13H26N4O/c1-6-9-17-11(10-15-16-17)12(14-4)13(7-2,8-3)18-5/h10,12,14H,6-9H2,1-5H3. The molecule has 18 heavy (non-hydrogen) atoms. The van der Waals surface area contributed by atoms with Gasteiger partial charge >= 0.3 is 0 Å². The number of aromatic nitrogens is 3. The summed E-state index contributed by atoms with van der Waals surface area (Å²) in [6, 6.07) is 0.110. The van der Waals surface area contributed by atoms with Crippen LogP contribution in [0.25, 0.3) is 0 Å². The summed E-state index contributed by atoms with van der Waals surface area (Å²) in [5.74, 6) is 0. The highest BCUT2D eigenvalue weighted by atomic mass is 16.5. The van der Waals surface area contributed by atoms with Gasteiger partial charge in [-0.3, -0.25) is 0 Å². The second kappa shape index (κ2) is 6.85. The predicted octanol–water partition coefficient (Wildman–Crippen LogP) is 2.15. The number of hydrogen-bond acceptors (Lipinski definition) is 4. The fourth-order valence-corrected chi connectivity index (χ4v) is 2.62. The second-order valence-corrected chi connectivity index (χ2v) is 4.58. The number of nitrogens with one attached hydrogen (secondary N) is 1. The highest BCUT2D eigenvalue weighted by Crippen LogP contribution is 2.34. The van der Waals surface area contributed by atoms with Crippen LogP contribution >= 0.6 is 0 Å². The fourth-order valence-electron chi connectivity index (χ4n) is 2.62. The summed E-state index contributed by atoms with van der Waals surface area (Å²) in [4.78, 5) is 0. The highest BCUT2D eigenvalue weighted by Gasteiger charge is 2.38. The van der Waals surface area contributed by atoms with Gasteiger partial charge in [0.1, 0.15) is 0 Å². The van der Waals surface area contributed by atoms with E-state index in [1.165, 1.54) is 0 Å². The number of nitrogens with zero attached hydrogens (tertiary/aromatic N) is 3. The summed E-state index contributed by atoms with van der Waals surface area (Å²) in [5, 5.41) is 11.6. The third-order valence-corrected chi connectivity index (χ3v) is 3.80. The van der Waals surface area contributed by atoms with Gasteiger partial charge in [0.15, 0.2) is 0 Å². The molecular formula is C13H26N4O. The van der Waals surface area contributed by atoms with Gasteiger partial charge in [-0.25, -0.2) is 4.68 Å². The Labute approximate surface area is 110 Å². The van der Waals surface area contributed by atoms with E-state index in [4.69, 9.17) is 4.74 Å². The molecule has 0 spiro atoms. The van der Waals surface area contributed by atoms with Crippen molar-refractivity contribution in [1.82, 2.24) is 20.3 Å². The molecule has 1 atom stereocenters. The smallest absolute Gasteiger partial charge is 0.0883 e. The van der Waals surface area contributed by atoms with E-state index in [2.05, 4.69) is 36.4 Å². The quantitative estimate of drug-likeness (QED) is 0.772. The summed E-state index contributed by atoms with van der Waals surface area (Å²) < 4.78 is 7.79. The largest absolute Gasteiger partial charge is 0.376 e. The first-order valence-electron chi connectivity index (χ1n) is 6.79. The van der Waals surface area contributed by atoms with Gasteiger partial charge in [0.2, 0.25) is 0 Å². The molecule has 0 fully saturated rings. The van der Waals surface area contributed by atoms with Crippen LogP contribution < -0.4 is 5.32 Å². The SMILES string of the molecule is CCCn1nncc1C(NC)C(CC)(CC)OC. The van der Waals surface area contributed by atoms with Gasteiger partial charge in [-0.05, 0) is 26.3 Å². The summed E-state index contributed by atoms with van der Waals surface area (Å²) in [6.07, 6.45) is 4.78. The molecule has 1 heterocycles.